The summed E-state index contributed by atoms with van der Waals surface area (Å²) in [7, 11) is 1.38. The van der Waals surface area contributed by atoms with Crippen molar-refractivity contribution < 1.29 is 23.5 Å². The molecule has 0 radical (unpaired) electrons. The smallest absolute Gasteiger partial charge is 0.305 e. The fourth-order valence-electron chi connectivity index (χ4n) is 2.00. The first-order valence-corrected chi connectivity index (χ1v) is 6.77. The van der Waals surface area contributed by atoms with Crippen molar-refractivity contribution in [3.63, 3.8) is 0 Å². The van der Waals surface area contributed by atoms with E-state index < -0.39 is 5.82 Å². The lowest BCUT2D eigenvalue weighted by atomic mass is 10.1. The van der Waals surface area contributed by atoms with E-state index in [-0.39, 0.29) is 24.0 Å². The van der Waals surface area contributed by atoms with Crippen LogP contribution in [-0.4, -0.2) is 25.6 Å². The first kappa shape index (κ1) is 16.9. The van der Waals surface area contributed by atoms with Gasteiger partial charge in [-0.1, -0.05) is 0 Å². The molecule has 0 bridgehead atoms. The van der Waals surface area contributed by atoms with Crippen LogP contribution >= 0.6 is 0 Å². The minimum atomic E-state index is -0.546. The van der Waals surface area contributed by atoms with Crippen LogP contribution in [0.1, 0.15) is 32.3 Å². The molecule has 0 fully saturated rings. The summed E-state index contributed by atoms with van der Waals surface area (Å²) in [6.07, 6.45) is 1.22. The molecule has 1 aromatic rings. The second kappa shape index (κ2) is 8.24. The third kappa shape index (κ3) is 5.41. The number of amides is 1. The van der Waals surface area contributed by atoms with Crippen LogP contribution in [0.5, 0.6) is 5.75 Å². The van der Waals surface area contributed by atoms with Gasteiger partial charge in [0, 0.05) is 25.1 Å². The number of ether oxygens (including phenoxy) is 2. The predicted octanol–water partition coefficient (Wildman–Crippen LogP) is 2.68. The van der Waals surface area contributed by atoms with E-state index in [1.165, 1.54) is 20.1 Å². The second-order valence-corrected chi connectivity index (χ2v) is 4.49. The van der Waals surface area contributed by atoms with Gasteiger partial charge in [0.15, 0.2) is 11.6 Å². The number of benzene rings is 1. The van der Waals surface area contributed by atoms with E-state index >= 15 is 0 Å². The molecule has 0 spiro atoms. The summed E-state index contributed by atoms with van der Waals surface area (Å²) < 4.78 is 23.8. The number of aryl methyl sites for hydroxylation is 1. The number of anilines is 1. The van der Waals surface area contributed by atoms with Gasteiger partial charge in [0.2, 0.25) is 5.91 Å². The molecule has 0 aliphatic rings. The standard InChI is InChI=1S/C15H20FNO4/c1-4-21-14(19)7-5-6-11-8-12(17-10(2)18)9-13(16)15(11)20-3/h8-9H,4-7H2,1-3H3,(H,17,18). The number of esters is 1. The Hall–Kier alpha value is -2.11. The number of carbonyl (C=O) groups excluding carboxylic acids is 2. The van der Waals surface area contributed by atoms with Gasteiger partial charge >= 0.3 is 5.97 Å². The highest BCUT2D eigenvalue weighted by atomic mass is 19.1. The van der Waals surface area contributed by atoms with Crippen LogP contribution in [0.15, 0.2) is 12.1 Å². The van der Waals surface area contributed by atoms with Crippen LogP contribution in [0, 0.1) is 5.82 Å². The molecule has 0 aliphatic heterocycles. The number of rotatable bonds is 7. The van der Waals surface area contributed by atoms with Crippen molar-refractivity contribution in [3.8, 4) is 5.75 Å². The van der Waals surface area contributed by atoms with Crippen molar-refractivity contribution in [2.75, 3.05) is 19.0 Å². The zero-order chi connectivity index (χ0) is 15.8. The maximum atomic E-state index is 13.9. The molecule has 116 valence electrons. The highest BCUT2D eigenvalue weighted by Gasteiger charge is 2.13. The fraction of sp³-hybridized carbons (Fsp3) is 0.467. The molecule has 1 rings (SSSR count). The van der Waals surface area contributed by atoms with E-state index in [1.54, 1.807) is 13.0 Å². The summed E-state index contributed by atoms with van der Waals surface area (Å²) in [5, 5.41) is 2.53. The van der Waals surface area contributed by atoms with Crippen molar-refractivity contribution in [1.82, 2.24) is 0 Å². The molecule has 0 aromatic heterocycles. The van der Waals surface area contributed by atoms with Crippen molar-refractivity contribution in [2.45, 2.75) is 33.1 Å². The zero-order valence-corrected chi connectivity index (χ0v) is 12.5. The van der Waals surface area contributed by atoms with Gasteiger partial charge in [-0.15, -0.1) is 0 Å². The number of methoxy groups -OCH3 is 1. The summed E-state index contributed by atoms with van der Waals surface area (Å²) in [4.78, 5) is 22.3. The Labute approximate surface area is 123 Å². The average Bonchev–Trinajstić information content (AvgIpc) is 2.38. The van der Waals surface area contributed by atoms with Crippen molar-refractivity contribution in [1.29, 1.82) is 0 Å². The maximum Gasteiger partial charge on any atom is 0.305 e. The Morgan fingerprint density at radius 1 is 1.33 bits per heavy atom. The van der Waals surface area contributed by atoms with Crippen LogP contribution in [0.3, 0.4) is 0 Å². The van der Waals surface area contributed by atoms with E-state index in [0.717, 1.165) is 0 Å². The molecular weight excluding hydrogens is 277 g/mol. The predicted molar refractivity (Wildman–Crippen MR) is 76.8 cm³/mol. The van der Waals surface area contributed by atoms with Gasteiger partial charge in [-0.05, 0) is 31.4 Å². The van der Waals surface area contributed by atoms with Crippen LogP contribution in [0.2, 0.25) is 0 Å². The topological polar surface area (TPSA) is 64.6 Å². The van der Waals surface area contributed by atoms with Crippen molar-refractivity contribution in [2.24, 2.45) is 0 Å². The maximum absolute atomic E-state index is 13.9. The van der Waals surface area contributed by atoms with Crippen LogP contribution < -0.4 is 10.1 Å². The molecular formula is C15H20FNO4. The van der Waals surface area contributed by atoms with Gasteiger partial charge in [0.05, 0.1) is 13.7 Å². The number of hydrogen-bond donors (Lipinski definition) is 1. The van der Waals surface area contributed by atoms with Gasteiger partial charge in [-0.2, -0.15) is 0 Å². The van der Waals surface area contributed by atoms with Gasteiger partial charge in [0.25, 0.3) is 0 Å². The van der Waals surface area contributed by atoms with Crippen LogP contribution in [0.25, 0.3) is 0 Å². The molecule has 0 saturated heterocycles. The second-order valence-electron chi connectivity index (χ2n) is 4.49. The number of halogens is 1. The van der Waals surface area contributed by atoms with E-state index in [0.29, 0.717) is 30.7 Å². The summed E-state index contributed by atoms with van der Waals surface area (Å²) in [6, 6.07) is 2.85. The highest BCUT2D eigenvalue weighted by molar-refractivity contribution is 5.88. The molecule has 0 atom stereocenters. The molecule has 5 nitrogen and oxygen atoms in total. The molecule has 0 saturated carbocycles. The van der Waals surface area contributed by atoms with E-state index in [9.17, 15) is 14.0 Å². The lowest BCUT2D eigenvalue weighted by molar-refractivity contribution is -0.143. The molecule has 0 aliphatic carbocycles. The summed E-state index contributed by atoms with van der Waals surface area (Å²) in [5.41, 5.74) is 0.970. The van der Waals surface area contributed by atoms with Gasteiger partial charge < -0.3 is 14.8 Å². The Morgan fingerprint density at radius 2 is 2.05 bits per heavy atom. The third-order valence-electron chi connectivity index (χ3n) is 2.78. The Bertz CT molecular complexity index is 517. The molecule has 6 heteroatoms. The summed E-state index contributed by atoms with van der Waals surface area (Å²) in [5.74, 6) is -0.977. The normalized spacial score (nSPS) is 10.1. The lowest BCUT2D eigenvalue weighted by Gasteiger charge is -2.12. The van der Waals surface area contributed by atoms with E-state index in [2.05, 4.69) is 5.32 Å². The van der Waals surface area contributed by atoms with Crippen molar-refractivity contribution in [3.05, 3.63) is 23.5 Å². The van der Waals surface area contributed by atoms with E-state index in [4.69, 9.17) is 9.47 Å². The largest absolute Gasteiger partial charge is 0.493 e. The third-order valence-corrected chi connectivity index (χ3v) is 2.78. The molecule has 21 heavy (non-hydrogen) atoms. The van der Waals surface area contributed by atoms with Gasteiger partial charge in [-0.25, -0.2) is 4.39 Å². The highest BCUT2D eigenvalue weighted by Crippen LogP contribution is 2.28. The molecule has 1 amide bonds. The van der Waals surface area contributed by atoms with Crippen LogP contribution in [0.4, 0.5) is 10.1 Å². The molecule has 1 aromatic carbocycles. The molecule has 0 unspecified atom stereocenters. The summed E-state index contributed by atoms with van der Waals surface area (Å²) in [6.45, 7) is 3.44. The van der Waals surface area contributed by atoms with Gasteiger partial charge in [-0.3, -0.25) is 9.59 Å². The first-order valence-electron chi connectivity index (χ1n) is 6.77. The van der Waals surface area contributed by atoms with Crippen molar-refractivity contribution >= 4 is 17.6 Å². The SMILES string of the molecule is CCOC(=O)CCCc1cc(NC(C)=O)cc(F)c1OC. The number of nitrogens with one attached hydrogen (secondary N) is 1. The Morgan fingerprint density at radius 3 is 2.62 bits per heavy atom. The van der Waals surface area contributed by atoms with E-state index in [1.807, 2.05) is 0 Å². The quantitative estimate of drug-likeness (QED) is 0.786. The van der Waals surface area contributed by atoms with Crippen LogP contribution in [-0.2, 0) is 20.7 Å². The molecule has 0 heterocycles. The monoisotopic (exact) mass is 297 g/mol. The lowest BCUT2D eigenvalue weighted by Crippen LogP contribution is -2.08. The minimum Gasteiger partial charge on any atom is -0.493 e. The fourth-order valence-corrected chi connectivity index (χ4v) is 2.00. The zero-order valence-electron chi connectivity index (χ0n) is 12.5. The minimum absolute atomic E-state index is 0.132. The average molecular weight is 297 g/mol. The Kier molecular flexibility index (Phi) is 6.65. The van der Waals surface area contributed by atoms with Gasteiger partial charge in [0.1, 0.15) is 0 Å². The number of carbonyl (C=O) groups is 2. The molecule has 1 N–H and O–H groups in total. The Balaban J connectivity index is 2.80. The number of hydrogen-bond acceptors (Lipinski definition) is 4. The summed E-state index contributed by atoms with van der Waals surface area (Å²) >= 11 is 0. The first-order chi connectivity index (χ1) is 9.97.